The highest BCUT2D eigenvalue weighted by Gasteiger charge is 2.36. The molecular formula is C5H12N2O2S. The van der Waals surface area contributed by atoms with Crippen LogP contribution >= 0.6 is 0 Å². The van der Waals surface area contributed by atoms with Crippen LogP contribution in [0.4, 0.5) is 0 Å². The van der Waals surface area contributed by atoms with E-state index >= 15 is 0 Å². The van der Waals surface area contributed by atoms with Gasteiger partial charge in [-0.2, -0.15) is 0 Å². The third kappa shape index (κ3) is 1.16. The van der Waals surface area contributed by atoms with Gasteiger partial charge >= 0.3 is 0 Å². The van der Waals surface area contributed by atoms with Crippen molar-refractivity contribution in [1.29, 1.82) is 0 Å². The molecule has 1 saturated heterocycles. The van der Waals surface area contributed by atoms with E-state index in [0.29, 0.717) is 0 Å². The van der Waals surface area contributed by atoms with Gasteiger partial charge in [0.15, 0.2) is 9.84 Å². The van der Waals surface area contributed by atoms with Crippen LogP contribution < -0.4 is 11.3 Å². The molecule has 2 unspecified atom stereocenters. The minimum Gasteiger partial charge on any atom is -0.270 e. The second kappa shape index (κ2) is 2.48. The molecule has 0 aliphatic carbocycles. The zero-order valence-electron chi connectivity index (χ0n) is 5.87. The first-order valence-electron chi connectivity index (χ1n) is 3.25. The molecule has 2 atom stereocenters. The molecule has 1 rings (SSSR count). The van der Waals surface area contributed by atoms with Gasteiger partial charge in [0.25, 0.3) is 0 Å². The van der Waals surface area contributed by atoms with Crippen LogP contribution in [0, 0.1) is 5.92 Å². The number of nitrogens with one attached hydrogen (secondary N) is 1. The Kier molecular flexibility index (Phi) is 1.98. The summed E-state index contributed by atoms with van der Waals surface area (Å²) in [7, 11) is -2.92. The Morgan fingerprint density at radius 2 is 2.20 bits per heavy atom. The van der Waals surface area contributed by atoms with Crippen LogP contribution in [0.1, 0.15) is 13.3 Å². The normalized spacial score (nSPS) is 38.2. The topological polar surface area (TPSA) is 72.2 Å². The van der Waals surface area contributed by atoms with Gasteiger partial charge in [0.1, 0.15) is 5.37 Å². The Balaban J connectivity index is 2.84. The fraction of sp³-hybridized carbons (Fsp3) is 1.00. The maximum absolute atomic E-state index is 11.1. The van der Waals surface area contributed by atoms with Crippen molar-refractivity contribution in [3.05, 3.63) is 0 Å². The van der Waals surface area contributed by atoms with E-state index < -0.39 is 15.2 Å². The van der Waals surface area contributed by atoms with E-state index in [1.54, 1.807) is 0 Å². The third-order valence-electron chi connectivity index (χ3n) is 1.93. The summed E-state index contributed by atoms with van der Waals surface area (Å²) in [6.07, 6.45) is 0.719. The van der Waals surface area contributed by atoms with Crippen molar-refractivity contribution in [3.63, 3.8) is 0 Å². The highest BCUT2D eigenvalue weighted by molar-refractivity contribution is 7.92. The molecule has 1 heterocycles. The van der Waals surface area contributed by atoms with Gasteiger partial charge in [-0.1, -0.05) is 6.92 Å². The van der Waals surface area contributed by atoms with Crippen LogP contribution in [0.15, 0.2) is 0 Å². The van der Waals surface area contributed by atoms with E-state index in [1.807, 2.05) is 6.92 Å². The average molecular weight is 164 g/mol. The van der Waals surface area contributed by atoms with E-state index in [9.17, 15) is 8.42 Å². The Morgan fingerprint density at radius 1 is 1.60 bits per heavy atom. The number of hydrogen-bond donors (Lipinski definition) is 2. The van der Waals surface area contributed by atoms with Gasteiger partial charge in [-0.25, -0.2) is 13.8 Å². The highest BCUT2D eigenvalue weighted by atomic mass is 32.2. The van der Waals surface area contributed by atoms with E-state index in [0.717, 1.165) is 6.42 Å². The molecule has 0 radical (unpaired) electrons. The molecule has 0 spiro atoms. The number of rotatable bonds is 1. The summed E-state index contributed by atoms with van der Waals surface area (Å²) >= 11 is 0. The van der Waals surface area contributed by atoms with Crippen molar-refractivity contribution in [1.82, 2.24) is 5.43 Å². The maximum Gasteiger partial charge on any atom is 0.167 e. The highest BCUT2D eigenvalue weighted by Crippen LogP contribution is 2.23. The largest absolute Gasteiger partial charge is 0.270 e. The van der Waals surface area contributed by atoms with E-state index in [2.05, 4.69) is 5.43 Å². The van der Waals surface area contributed by atoms with Gasteiger partial charge in [0, 0.05) is 0 Å². The summed E-state index contributed by atoms with van der Waals surface area (Å²) in [4.78, 5) is 0. The fourth-order valence-corrected chi connectivity index (χ4v) is 3.26. The summed E-state index contributed by atoms with van der Waals surface area (Å²) < 4.78 is 22.1. The Labute approximate surface area is 60.7 Å². The van der Waals surface area contributed by atoms with Crippen LogP contribution in [0.25, 0.3) is 0 Å². The summed E-state index contributed by atoms with van der Waals surface area (Å²) in [5.41, 5.74) is 2.32. The number of nitrogens with two attached hydrogens (primary N) is 1. The van der Waals surface area contributed by atoms with Crippen molar-refractivity contribution in [3.8, 4) is 0 Å². The minimum absolute atomic E-state index is 0.148. The quantitative estimate of drug-likeness (QED) is 0.394. The molecule has 1 aliphatic rings. The van der Waals surface area contributed by atoms with Crippen LogP contribution in [-0.2, 0) is 9.84 Å². The van der Waals surface area contributed by atoms with Crippen LogP contribution in [0.2, 0.25) is 0 Å². The molecule has 0 aromatic carbocycles. The van der Waals surface area contributed by atoms with Crippen molar-refractivity contribution in [2.45, 2.75) is 18.7 Å². The van der Waals surface area contributed by atoms with Gasteiger partial charge in [0.05, 0.1) is 5.75 Å². The Bertz CT molecular complexity index is 212. The lowest BCUT2D eigenvalue weighted by molar-refractivity contribution is 0.482. The molecule has 0 aromatic heterocycles. The van der Waals surface area contributed by atoms with Crippen molar-refractivity contribution >= 4 is 9.84 Å². The molecule has 3 N–H and O–H groups in total. The maximum atomic E-state index is 11.1. The SMILES string of the molecule is CC1CCS(=O)(=O)C1NN. The monoisotopic (exact) mass is 164 g/mol. The van der Waals surface area contributed by atoms with Gasteiger partial charge in [0.2, 0.25) is 0 Å². The Morgan fingerprint density at radius 3 is 2.40 bits per heavy atom. The third-order valence-corrected chi connectivity index (χ3v) is 4.10. The minimum atomic E-state index is -2.92. The molecule has 1 aliphatic heterocycles. The molecule has 0 bridgehead atoms. The van der Waals surface area contributed by atoms with E-state index in [4.69, 9.17) is 5.84 Å². The van der Waals surface area contributed by atoms with Crippen LogP contribution in [-0.4, -0.2) is 19.5 Å². The lowest BCUT2D eigenvalue weighted by Crippen LogP contribution is -2.41. The molecule has 0 aromatic rings. The molecule has 10 heavy (non-hydrogen) atoms. The Hall–Kier alpha value is -0.130. The van der Waals surface area contributed by atoms with Crippen LogP contribution in [0.5, 0.6) is 0 Å². The fourth-order valence-electron chi connectivity index (χ4n) is 1.25. The predicted molar refractivity (Wildman–Crippen MR) is 38.7 cm³/mol. The van der Waals surface area contributed by atoms with Gasteiger partial charge in [-0.15, -0.1) is 0 Å². The molecule has 1 fully saturated rings. The first kappa shape index (κ1) is 7.97. The molecule has 4 nitrogen and oxygen atoms in total. The summed E-state index contributed by atoms with van der Waals surface area (Å²) in [5.74, 6) is 5.49. The van der Waals surface area contributed by atoms with Gasteiger partial charge in [-0.05, 0) is 12.3 Å². The molecule has 0 saturated carbocycles. The lowest BCUT2D eigenvalue weighted by atomic mass is 10.1. The summed E-state index contributed by atoms with van der Waals surface area (Å²) in [6.45, 7) is 1.88. The zero-order chi connectivity index (χ0) is 7.78. The molecular weight excluding hydrogens is 152 g/mol. The number of hydrogen-bond acceptors (Lipinski definition) is 4. The van der Waals surface area contributed by atoms with Gasteiger partial charge in [-0.3, -0.25) is 5.84 Å². The first-order chi connectivity index (χ1) is 4.58. The van der Waals surface area contributed by atoms with Crippen molar-refractivity contribution in [2.75, 3.05) is 5.75 Å². The average Bonchev–Trinajstić information content (AvgIpc) is 2.07. The van der Waals surface area contributed by atoms with Crippen molar-refractivity contribution in [2.24, 2.45) is 11.8 Å². The lowest BCUT2D eigenvalue weighted by Gasteiger charge is -2.11. The molecule has 60 valence electrons. The predicted octanol–water partition coefficient (Wildman–Crippen LogP) is -0.770. The smallest absolute Gasteiger partial charge is 0.167 e. The van der Waals surface area contributed by atoms with Gasteiger partial charge < -0.3 is 0 Å². The molecule has 0 amide bonds. The second-order valence-electron chi connectivity index (χ2n) is 2.72. The molecule has 5 heteroatoms. The second-order valence-corrected chi connectivity index (χ2v) is 4.96. The summed E-state index contributed by atoms with van der Waals surface area (Å²) in [5, 5.41) is -0.521. The van der Waals surface area contributed by atoms with Crippen LogP contribution in [0.3, 0.4) is 0 Å². The zero-order valence-corrected chi connectivity index (χ0v) is 6.69. The van der Waals surface area contributed by atoms with E-state index in [1.165, 1.54) is 0 Å². The first-order valence-corrected chi connectivity index (χ1v) is 4.97. The van der Waals surface area contributed by atoms with E-state index in [-0.39, 0.29) is 11.7 Å². The number of sulfone groups is 1. The number of hydrazine groups is 1. The van der Waals surface area contributed by atoms with Crippen molar-refractivity contribution < 1.29 is 8.42 Å². The standard InChI is InChI=1S/C5H12N2O2S/c1-4-2-3-10(8,9)5(4)7-6/h4-5,7H,2-3,6H2,1H3. The summed E-state index contributed by atoms with van der Waals surface area (Å²) in [6, 6.07) is 0.